The van der Waals surface area contributed by atoms with Crippen LogP contribution >= 0.6 is 0 Å². The summed E-state index contributed by atoms with van der Waals surface area (Å²) in [4.78, 5) is 0. The molecule has 0 aliphatic heterocycles. The zero-order valence-corrected chi connectivity index (χ0v) is 10.6. The summed E-state index contributed by atoms with van der Waals surface area (Å²) in [6, 6.07) is 6.14. The Morgan fingerprint density at radius 2 is 2.32 bits per heavy atom. The van der Waals surface area contributed by atoms with E-state index in [1.807, 2.05) is 12.1 Å². The first-order valence-corrected chi connectivity index (χ1v) is 6.56. The summed E-state index contributed by atoms with van der Waals surface area (Å²) in [5.74, 6) is 0.635. The Hall–Kier alpha value is -2.06. The summed E-state index contributed by atoms with van der Waals surface area (Å²) in [5, 5.41) is 16.9. The Morgan fingerprint density at radius 3 is 3.11 bits per heavy atom. The zero-order chi connectivity index (χ0) is 13.2. The quantitative estimate of drug-likeness (QED) is 0.861. The van der Waals surface area contributed by atoms with Crippen molar-refractivity contribution >= 4 is 10.9 Å². The van der Waals surface area contributed by atoms with Crippen molar-refractivity contribution in [1.29, 1.82) is 5.26 Å². The van der Waals surface area contributed by atoms with Crippen LogP contribution in [0.2, 0.25) is 0 Å². The molecule has 0 amide bonds. The molecule has 5 nitrogen and oxygen atoms in total. The van der Waals surface area contributed by atoms with Gasteiger partial charge in [-0.15, -0.1) is 0 Å². The molecule has 3 N–H and O–H groups in total. The lowest BCUT2D eigenvalue weighted by atomic mass is 9.93. The smallest absolute Gasteiger partial charge is 0.138 e. The van der Waals surface area contributed by atoms with Gasteiger partial charge in [-0.2, -0.15) is 10.4 Å². The molecule has 2 atom stereocenters. The molecule has 2 aromatic rings. The van der Waals surface area contributed by atoms with Gasteiger partial charge >= 0.3 is 0 Å². The molecule has 3 rings (SSSR count). The molecule has 0 spiro atoms. The van der Waals surface area contributed by atoms with Crippen LogP contribution in [0.4, 0.5) is 0 Å². The number of rotatable bonds is 2. The number of hydrogen-bond donors (Lipinski definition) is 2. The molecule has 1 aliphatic rings. The number of benzene rings is 1. The summed E-state index contributed by atoms with van der Waals surface area (Å²) in [6.07, 6.45) is 5.78. The highest BCUT2D eigenvalue weighted by Crippen LogP contribution is 2.29. The van der Waals surface area contributed by atoms with Gasteiger partial charge in [-0.25, -0.2) is 0 Å². The average molecular weight is 256 g/mol. The van der Waals surface area contributed by atoms with Gasteiger partial charge in [0.25, 0.3) is 0 Å². The molecule has 98 valence electrons. The van der Waals surface area contributed by atoms with E-state index in [0.29, 0.717) is 11.3 Å². The minimum absolute atomic E-state index is 0.111. The van der Waals surface area contributed by atoms with Gasteiger partial charge in [0, 0.05) is 11.4 Å². The van der Waals surface area contributed by atoms with Crippen molar-refractivity contribution in [2.24, 2.45) is 5.73 Å². The number of aromatic amines is 1. The first kappa shape index (κ1) is 12.0. The standard InChI is InChI=1S/C14H16N4O/c15-7-11-12-8-17-18-13(12)4-5-14(11)19-10-3-1-2-9(16)6-10/h4-5,8-10H,1-3,6,16H2,(H,17,18)/t9-,10+/m1/s1. The highest BCUT2D eigenvalue weighted by molar-refractivity contribution is 5.86. The second-order valence-electron chi connectivity index (χ2n) is 5.05. The summed E-state index contributed by atoms with van der Waals surface area (Å²) < 4.78 is 5.98. The normalized spacial score (nSPS) is 23.2. The van der Waals surface area contributed by atoms with E-state index in [0.717, 1.165) is 36.6 Å². The van der Waals surface area contributed by atoms with Crippen molar-refractivity contribution in [3.8, 4) is 11.8 Å². The number of nitrogens with zero attached hydrogens (tertiary/aromatic N) is 2. The Balaban J connectivity index is 1.90. The molecule has 5 heteroatoms. The van der Waals surface area contributed by atoms with E-state index in [1.165, 1.54) is 0 Å². The minimum atomic E-state index is 0.111. The van der Waals surface area contributed by atoms with E-state index in [2.05, 4.69) is 16.3 Å². The highest BCUT2D eigenvalue weighted by Gasteiger charge is 2.22. The van der Waals surface area contributed by atoms with Gasteiger partial charge in [0.05, 0.1) is 11.7 Å². The number of fused-ring (bicyclic) bond motifs is 1. The third kappa shape index (κ3) is 2.27. The van der Waals surface area contributed by atoms with E-state index < -0.39 is 0 Å². The van der Waals surface area contributed by atoms with E-state index >= 15 is 0 Å². The monoisotopic (exact) mass is 256 g/mol. The molecule has 0 saturated heterocycles. The Kier molecular flexibility index (Phi) is 3.10. The third-order valence-corrected chi connectivity index (χ3v) is 3.66. The Labute approximate surface area is 111 Å². The fraction of sp³-hybridized carbons (Fsp3) is 0.429. The van der Waals surface area contributed by atoms with E-state index in [-0.39, 0.29) is 12.1 Å². The van der Waals surface area contributed by atoms with Crippen molar-refractivity contribution in [2.45, 2.75) is 37.8 Å². The molecule has 1 aromatic heterocycles. The molecule has 1 saturated carbocycles. The van der Waals surface area contributed by atoms with Gasteiger partial charge in [0.15, 0.2) is 0 Å². The lowest BCUT2D eigenvalue weighted by Gasteiger charge is -2.27. The molecule has 19 heavy (non-hydrogen) atoms. The third-order valence-electron chi connectivity index (χ3n) is 3.66. The number of aromatic nitrogens is 2. The molecule has 1 heterocycles. The molecule has 1 aliphatic carbocycles. The van der Waals surface area contributed by atoms with E-state index in [1.54, 1.807) is 6.20 Å². The molecule has 0 bridgehead atoms. The molecular weight excluding hydrogens is 240 g/mol. The lowest BCUT2D eigenvalue weighted by molar-refractivity contribution is 0.144. The van der Waals surface area contributed by atoms with Crippen molar-refractivity contribution in [1.82, 2.24) is 10.2 Å². The number of hydrogen-bond acceptors (Lipinski definition) is 4. The maximum absolute atomic E-state index is 9.32. The van der Waals surface area contributed by atoms with Crippen LogP contribution in [0.3, 0.4) is 0 Å². The predicted octanol–water partition coefficient (Wildman–Crippen LogP) is 2.08. The summed E-state index contributed by atoms with van der Waals surface area (Å²) in [6.45, 7) is 0. The van der Waals surface area contributed by atoms with Crippen LogP contribution in [-0.4, -0.2) is 22.3 Å². The fourth-order valence-electron chi connectivity index (χ4n) is 2.68. The van der Waals surface area contributed by atoms with Crippen molar-refractivity contribution in [3.63, 3.8) is 0 Å². The topological polar surface area (TPSA) is 87.7 Å². The van der Waals surface area contributed by atoms with Crippen LogP contribution in [0.5, 0.6) is 5.75 Å². The van der Waals surface area contributed by atoms with Gasteiger partial charge in [-0.3, -0.25) is 5.10 Å². The van der Waals surface area contributed by atoms with Crippen LogP contribution < -0.4 is 10.5 Å². The largest absolute Gasteiger partial charge is 0.489 e. The number of nitrogens with one attached hydrogen (secondary N) is 1. The maximum Gasteiger partial charge on any atom is 0.138 e. The summed E-state index contributed by atoms with van der Waals surface area (Å²) in [7, 11) is 0. The number of H-pyrrole nitrogens is 1. The van der Waals surface area contributed by atoms with Gasteiger partial charge in [-0.05, 0) is 37.8 Å². The van der Waals surface area contributed by atoms with Crippen molar-refractivity contribution in [2.75, 3.05) is 0 Å². The fourth-order valence-corrected chi connectivity index (χ4v) is 2.68. The van der Waals surface area contributed by atoms with E-state index in [4.69, 9.17) is 10.5 Å². The van der Waals surface area contributed by atoms with Gasteiger partial charge in [0.1, 0.15) is 23.5 Å². The van der Waals surface area contributed by atoms with Crippen LogP contribution in [-0.2, 0) is 0 Å². The molecule has 0 unspecified atom stereocenters. The lowest BCUT2D eigenvalue weighted by Crippen LogP contribution is -2.33. The highest BCUT2D eigenvalue weighted by atomic mass is 16.5. The SMILES string of the molecule is N#Cc1c(O[C@H]2CCC[C@@H](N)C2)ccc2[nH]ncc12. The second kappa shape index (κ2) is 4.90. The van der Waals surface area contributed by atoms with Crippen LogP contribution in [0.1, 0.15) is 31.2 Å². The molecule has 0 radical (unpaired) electrons. The van der Waals surface area contributed by atoms with Gasteiger partial charge in [0.2, 0.25) is 0 Å². The van der Waals surface area contributed by atoms with Crippen LogP contribution in [0, 0.1) is 11.3 Å². The van der Waals surface area contributed by atoms with Crippen LogP contribution in [0.15, 0.2) is 18.3 Å². The summed E-state index contributed by atoms with van der Waals surface area (Å²) in [5.41, 5.74) is 7.36. The first-order valence-electron chi connectivity index (χ1n) is 6.56. The molecular formula is C14H16N4O. The number of nitrogens with two attached hydrogens (primary N) is 1. The Bertz CT molecular complexity index is 628. The van der Waals surface area contributed by atoms with Gasteiger partial charge < -0.3 is 10.5 Å². The van der Waals surface area contributed by atoms with Crippen molar-refractivity contribution in [3.05, 3.63) is 23.9 Å². The first-order chi connectivity index (χ1) is 9.28. The predicted molar refractivity (Wildman–Crippen MR) is 71.7 cm³/mol. The van der Waals surface area contributed by atoms with Crippen LogP contribution in [0.25, 0.3) is 10.9 Å². The second-order valence-corrected chi connectivity index (χ2v) is 5.05. The number of ether oxygens (including phenoxy) is 1. The average Bonchev–Trinajstić information content (AvgIpc) is 2.87. The molecule has 1 aromatic carbocycles. The van der Waals surface area contributed by atoms with E-state index in [9.17, 15) is 5.26 Å². The minimum Gasteiger partial charge on any atom is -0.489 e. The van der Waals surface area contributed by atoms with Gasteiger partial charge in [-0.1, -0.05) is 0 Å². The maximum atomic E-state index is 9.32. The molecule has 1 fully saturated rings. The number of nitriles is 1. The zero-order valence-electron chi connectivity index (χ0n) is 10.6. The van der Waals surface area contributed by atoms with Crippen molar-refractivity contribution < 1.29 is 4.74 Å². The summed E-state index contributed by atoms with van der Waals surface area (Å²) >= 11 is 0. The Morgan fingerprint density at radius 1 is 1.42 bits per heavy atom.